The molecule has 0 unspecified atom stereocenters. The quantitative estimate of drug-likeness (QED) is 0.607. The summed E-state index contributed by atoms with van der Waals surface area (Å²) in [6, 6.07) is 4.96. The molecule has 0 saturated carbocycles. The molecule has 9 nitrogen and oxygen atoms in total. The van der Waals surface area contributed by atoms with Crippen molar-refractivity contribution >= 4 is 5.95 Å². The fourth-order valence-corrected chi connectivity index (χ4v) is 1.57. The zero-order valence-electron chi connectivity index (χ0n) is 9.77. The first kappa shape index (κ1) is 11.3. The van der Waals surface area contributed by atoms with Crippen molar-refractivity contribution in [1.82, 2.24) is 14.8 Å². The molecule has 0 atom stereocenters. The van der Waals surface area contributed by atoms with Crippen LogP contribution in [0.5, 0.6) is 23.3 Å². The van der Waals surface area contributed by atoms with E-state index in [0.717, 1.165) is 0 Å². The van der Waals surface area contributed by atoms with Crippen LogP contribution in [0.1, 0.15) is 0 Å². The topological polar surface area (TPSA) is 102 Å². The average Bonchev–Trinajstić information content (AvgIpc) is 2.96. The van der Waals surface area contributed by atoms with E-state index in [1.54, 1.807) is 18.2 Å². The zero-order chi connectivity index (χ0) is 13.4. The summed E-state index contributed by atoms with van der Waals surface area (Å²) in [6.07, 6.45) is 0. The molecule has 9 heteroatoms. The van der Waals surface area contributed by atoms with Gasteiger partial charge in [-0.05, 0) is 22.0 Å². The van der Waals surface area contributed by atoms with Crippen LogP contribution in [-0.4, -0.2) is 26.5 Å². The Morgan fingerprint density at radius 3 is 2.95 bits per heavy atom. The summed E-state index contributed by atoms with van der Waals surface area (Å²) in [7, 11) is 1.50. The van der Waals surface area contributed by atoms with Crippen LogP contribution in [0.25, 0.3) is 0 Å². The maximum atomic E-state index is 10.5. The number of hydrogen-bond acceptors (Lipinski definition) is 7. The van der Waals surface area contributed by atoms with Crippen molar-refractivity contribution in [2.45, 2.75) is 0 Å². The molecule has 1 aromatic carbocycles. The van der Waals surface area contributed by atoms with E-state index < -0.39 is 10.9 Å². The minimum absolute atomic E-state index is 0.0190. The molecule has 0 fully saturated rings. The minimum atomic E-state index is -0.688. The second-order valence-electron chi connectivity index (χ2n) is 3.69. The van der Waals surface area contributed by atoms with E-state index >= 15 is 0 Å². The van der Waals surface area contributed by atoms with Gasteiger partial charge in [0.1, 0.15) is 5.75 Å². The number of nitrogens with zero attached hydrogens (tertiary/aromatic N) is 4. The molecule has 19 heavy (non-hydrogen) atoms. The van der Waals surface area contributed by atoms with Gasteiger partial charge in [0.15, 0.2) is 11.5 Å². The van der Waals surface area contributed by atoms with E-state index in [1.165, 1.54) is 11.7 Å². The molecule has 0 aliphatic carbocycles. The van der Waals surface area contributed by atoms with Gasteiger partial charge in [0.05, 0.1) is 7.05 Å². The maximum Gasteiger partial charge on any atom is 0.494 e. The lowest BCUT2D eigenvalue weighted by Gasteiger charge is -2.01. The Balaban J connectivity index is 1.87. The summed E-state index contributed by atoms with van der Waals surface area (Å²) in [4.78, 5) is 13.5. The van der Waals surface area contributed by atoms with E-state index in [4.69, 9.17) is 14.2 Å². The lowest BCUT2D eigenvalue weighted by atomic mass is 10.3. The normalized spacial score (nSPS) is 12.5. The van der Waals surface area contributed by atoms with E-state index in [9.17, 15) is 10.1 Å². The predicted octanol–water partition coefficient (Wildman–Crippen LogP) is 1.24. The summed E-state index contributed by atoms with van der Waals surface area (Å²) in [5, 5.41) is 14.2. The van der Waals surface area contributed by atoms with Crippen molar-refractivity contribution in [3.63, 3.8) is 0 Å². The summed E-state index contributed by atoms with van der Waals surface area (Å²) >= 11 is 0. The van der Waals surface area contributed by atoms with Crippen LogP contribution in [-0.2, 0) is 7.05 Å². The van der Waals surface area contributed by atoms with Gasteiger partial charge >= 0.3 is 12.0 Å². The number of ether oxygens (including phenoxy) is 3. The smallest absolute Gasteiger partial charge is 0.454 e. The number of benzene rings is 1. The van der Waals surface area contributed by atoms with Gasteiger partial charge in [0, 0.05) is 11.2 Å². The Morgan fingerprint density at radius 2 is 2.21 bits per heavy atom. The molecule has 3 rings (SSSR count). The van der Waals surface area contributed by atoms with Crippen molar-refractivity contribution < 1.29 is 19.1 Å². The Labute approximate surface area is 106 Å². The van der Waals surface area contributed by atoms with Gasteiger partial charge in [0.25, 0.3) is 0 Å². The first-order valence-electron chi connectivity index (χ1n) is 5.26. The molecule has 0 radical (unpaired) electrons. The maximum absolute atomic E-state index is 10.5. The van der Waals surface area contributed by atoms with Crippen molar-refractivity contribution in [3.8, 4) is 23.3 Å². The highest BCUT2D eigenvalue weighted by Gasteiger charge is 2.22. The third-order valence-corrected chi connectivity index (χ3v) is 2.43. The Bertz CT molecular complexity index is 653. The van der Waals surface area contributed by atoms with E-state index in [2.05, 4.69) is 10.1 Å². The number of nitro groups is 1. The van der Waals surface area contributed by atoms with Crippen LogP contribution in [0.4, 0.5) is 5.95 Å². The Kier molecular flexibility index (Phi) is 2.44. The average molecular weight is 264 g/mol. The molecule has 1 aliphatic heterocycles. The summed E-state index contributed by atoms with van der Waals surface area (Å²) in [5.74, 6) is 1.08. The fourth-order valence-electron chi connectivity index (χ4n) is 1.57. The molecule has 0 N–H and O–H groups in total. The first-order chi connectivity index (χ1) is 9.13. The fraction of sp³-hybridized carbons (Fsp3) is 0.200. The lowest BCUT2D eigenvalue weighted by molar-refractivity contribution is -0.394. The number of fused-ring (bicyclic) bond motifs is 1. The van der Waals surface area contributed by atoms with E-state index in [0.29, 0.717) is 17.2 Å². The first-order valence-corrected chi connectivity index (χ1v) is 5.26. The molecular weight excluding hydrogens is 256 g/mol. The van der Waals surface area contributed by atoms with Gasteiger partial charge in [0.2, 0.25) is 6.79 Å². The van der Waals surface area contributed by atoms with Gasteiger partial charge in [-0.2, -0.15) is 0 Å². The van der Waals surface area contributed by atoms with E-state index in [-0.39, 0.29) is 12.8 Å². The van der Waals surface area contributed by atoms with Crippen LogP contribution in [0.15, 0.2) is 18.2 Å². The zero-order valence-corrected chi connectivity index (χ0v) is 9.77. The molecule has 98 valence electrons. The van der Waals surface area contributed by atoms with Crippen LogP contribution in [0.3, 0.4) is 0 Å². The largest absolute Gasteiger partial charge is 0.494 e. The summed E-state index contributed by atoms with van der Waals surface area (Å²) in [5.41, 5.74) is 0. The molecule has 2 heterocycles. The molecule has 1 aromatic heterocycles. The highest BCUT2D eigenvalue weighted by atomic mass is 16.7. The summed E-state index contributed by atoms with van der Waals surface area (Å²) in [6.45, 7) is 0.161. The molecule has 1 aliphatic rings. The van der Waals surface area contributed by atoms with Crippen molar-refractivity contribution in [3.05, 3.63) is 28.3 Å². The molecule has 0 spiro atoms. The molecular formula is C10H8N4O5. The number of hydrogen-bond donors (Lipinski definition) is 0. The molecule has 0 amide bonds. The second-order valence-corrected chi connectivity index (χ2v) is 3.69. The van der Waals surface area contributed by atoms with Gasteiger partial charge in [-0.25, -0.2) is 0 Å². The highest BCUT2D eigenvalue weighted by Crippen LogP contribution is 2.36. The lowest BCUT2D eigenvalue weighted by Crippen LogP contribution is -1.96. The minimum Gasteiger partial charge on any atom is -0.454 e. The van der Waals surface area contributed by atoms with Crippen LogP contribution in [0, 0.1) is 10.1 Å². The van der Waals surface area contributed by atoms with Crippen LogP contribution >= 0.6 is 0 Å². The third-order valence-electron chi connectivity index (χ3n) is 2.43. The monoisotopic (exact) mass is 264 g/mol. The Morgan fingerprint density at radius 1 is 1.42 bits per heavy atom. The standard InChI is InChI=1S/C10H8N4O5/c1-13-10(11-9(12-13)14(15)16)19-6-2-3-7-8(4-6)18-5-17-7/h2-4H,5H2,1H3. The van der Waals surface area contributed by atoms with Crippen molar-refractivity contribution in [1.29, 1.82) is 0 Å². The van der Waals surface area contributed by atoms with Crippen molar-refractivity contribution in [2.75, 3.05) is 6.79 Å². The van der Waals surface area contributed by atoms with Gasteiger partial charge in [-0.3, -0.25) is 0 Å². The number of rotatable bonds is 3. The van der Waals surface area contributed by atoms with Crippen LogP contribution in [0.2, 0.25) is 0 Å². The molecule has 0 bridgehead atoms. The van der Waals surface area contributed by atoms with Crippen molar-refractivity contribution in [2.24, 2.45) is 7.05 Å². The number of aromatic nitrogens is 3. The van der Waals surface area contributed by atoms with Crippen LogP contribution < -0.4 is 14.2 Å². The van der Waals surface area contributed by atoms with E-state index in [1.807, 2.05) is 0 Å². The van der Waals surface area contributed by atoms with Gasteiger partial charge in [-0.1, -0.05) is 0 Å². The Hall–Kier alpha value is -2.84. The number of aryl methyl sites for hydroxylation is 1. The van der Waals surface area contributed by atoms with Gasteiger partial charge < -0.3 is 24.3 Å². The molecule has 2 aromatic rings. The van der Waals surface area contributed by atoms with Gasteiger partial charge in [-0.15, -0.1) is 4.68 Å². The predicted molar refractivity (Wildman–Crippen MR) is 60.3 cm³/mol. The summed E-state index contributed by atoms with van der Waals surface area (Å²) < 4.78 is 17.0. The second kappa shape index (κ2) is 4.12. The SMILES string of the molecule is Cn1nc([N+](=O)[O-])nc1Oc1ccc2c(c1)OCO2. The third kappa shape index (κ3) is 2.01. The highest BCUT2D eigenvalue weighted by molar-refractivity contribution is 5.47. The molecule has 0 saturated heterocycles.